The SMILES string of the molecule is CC(=O)Nc1cccc(N2CCN(C(=O)NCCC3=CCCCC3)CC2)c1. The maximum atomic E-state index is 12.4. The smallest absolute Gasteiger partial charge is 0.317 e. The summed E-state index contributed by atoms with van der Waals surface area (Å²) in [5, 5.41) is 5.88. The van der Waals surface area contributed by atoms with Gasteiger partial charge in [-0.3, -0.25) is 4.79 Å². The predicted octanol–water partition coefficient (Wildman–Crippen LogP) is 3.37. The molecule has 146 valence electrons. The summed E-state index contributed by atoms with van der Waals surface area (Å²) in [7, 11) is 0. The summed E-state index contributed by atoms with van der Waals surface area (Å²) in [6, 6.07) is 7.89. The molecule has 2 aliphatic rings. The van der Waals surface area contributed by atoms with Crippen LogP contribution in [0.2, 0.25) is 0 Å². The average molecular weight is 370 g/mol. The Labute approximate surface area is 161 Å². The molecular weight excluding hydrogens is 340 g/mol. The zero-order valence-corrected chi connectivity index (χ0v) is 16.2. The summed E-state index contributed by atoms with van der Waals surface area (Å²) >= 11 is 0. The lowest BCUT2D eigenvalue weighted by Gasteiger charge is -2.36. The monoisotopic (exact) mass is 370 g/mol. The summed E-state index contributed by atoms with van der Waals surface area (Å²) in [6.45, 7) is 5.24. The molecule has 0 radical (unpaired) electrons. The first-order chi connectivity index (χ1) is 13.1. The molecule has 1 aliphatic carbocycles. The van der Waals surface area contributed by atoms with Gasteiger partial charge < -0.3 is 20.4 Å². The van der Waals surface area contributed by atoms with Crippen molar-refractivity contribution < 1.29 is 9.59 Å². The first-order valence-electron chi connectivity index (χ1n) is 9.95. The molecule has 1 saturated heterocycles. The molecule has 27 heavy (non-hydrogen) atoms. The number of carbonyl (C=O) groups is 2. The van der Waals surface area contributed by atoms with Gasteiger partial charge in [0.15, 0.2) is 0 Å². The highest BCUT2D eigenvalue weighted by Gasteiger charge is 2.21. The molecule has 0 bridgehead atoms. The molecule has 0 spiro atoms. The number of nitrogens with zero attached hydrogens (tertiary/aromatic N) is 2. The van der Waals surface area contributed by atoms with Crippen molar-refractivity contribution in [3.05, 3.63) is 35.9 Å². The second-order valence-electron chi connectivity index (χ2n) is 7.30. The summed E-state index contributed by atoms with van der Waals surface area (Å²) < 4.78 is 0. The Morgan fingerprint density at radius 2 is 1.93 bits per heavy atom. The molecule has 1 aliphatic heterocycles. The van der Waals surface area contributed by atoms with E-state index >= 15 is 0 Å². The van der Waals surface area contributed by atoms with Crippen molar-refractivity contribution in [1.29, 1.82) is 0 Å². The van der Waals surface area contributed by atoms with E-state index < -0.39 is 0 Å². The van der Waals surface area contributed by atoms with Crippen LogP contribution in [0.3, 0.4) is 0 Å². The van der Waals surface area contributed by atoms with Gasteiger partial charge >= 0.3 is 6.03 Å². The van der Waals surface area contributed by atoms with Crippen LogP contribution in [0.1, 0.15) is 39.0 Å². The molecule has 1 aromatic carbocycles. The second-order valence-corrected chi connectivity index (χ2v) is 7.30. The summed E-state index contributed by atoms with van der Waals surface area (Å²) in [4.78, 5) is 27.8. The Morgan fingerprint density at radius 3 is 2.63 bits per heavy atom. The second kappa shape index (κ2) is 9.44. The quantitative estimate of drug-likeness (QED) is 0.781. The highest BCUT2D eigenvalue weighted by Crippen LogP contribution is 2.21. The fourth-order valence-electron chi connectivity index (χ4n) is 3.72. The van der Waals surface area contributed by atoms with Gasteiger partial charge in [-0.2, -0.15) is 0 Å². The van der Waals surface area contributed by atoms with Gasteiger partial charge in [0.1, 0.15) is 0 Å². The first-order valence-corrected chi connectivity index (χ1v) is 9.95. The fraction of sp³-hybridized carbons (Fsp3) is 0.524. The van der Waals surface area contributed by atoms with E-state index in [4.69, 9.17) is 0 Å². The molecule has 0 unspecified atom stereocenters. The normalized spacial score (nSPS) is 17.3. The number of rotatable bonds is 5. The number of anilines is 2. The van der Waals surface area contributed by atoms with Crippen LogP contribution >= 0.6 is 0 Å². The van der Waals surface area contributed by atoms with E-state index in [1.807, 2.05) is 29.2 Å². The molecule has 6 nitrogen and oxygen atoms in total. The molecule has 3 rings (SSSR count). The van der Waals surface area contributed by atoms with Crippen LogP contribution in [0, 0.1) is 0 Å². The molecule has 3 amide bonds. The van der Waals surface area contributed by atoms with E-state index in [1.165, 1.54) is 38.2 Å². The minimum atomic E-state index is -0.0716. The maximum absolute atomic E-state index is 12.4. The Kier molecular flexibility index (Phi) is 6.74. The third-order valence-electron chi connectivity index (χ3n) is 5.21. The number of carbonyl (C=O) groups excluding carboxylic acids is 2. The number of hydrogen-bond acceptors (Lipinski definition) is 3. The van der Waals surface area contributed by atoms with Crippen LogP contribution in [0.5, 0.6) is 0 Å². The number of nitrogens with one attached hydrogen (secondary N) is 2. The summed E-state index contributed by atoms with van der Waals surface area (Å²) in [6.07, 6.45) is 8.27. The Bertz CT molecular complexity index is 693. The van der Waals surface area contributed by atoms with Crippen molar-refractivity contribution in [1.82, 2.24) is 10.2 Å². The Hall–Kier alpha value is -2.50. The molecule has 6 heteroatoms. The van der Waals surface area contributed by atoms with Crippen molar-refractivity contribution in [2.45, 2.75) is 39.0 Å². The lowest BCUT2D eigenvalue weighted by molar-refractivity contribution is -0.114. The van der Waals surface area contributed by atoms with E-state index in [0.29, 0.717) is 13.1 Å². The number of urea groups is 1. The van der Waals surface area contributed by atoms with Crippen molar-refractivity contribution in [3.63, 3.8) is 0 Å². The van der Waals surface area contributed by atoms with Gasteiger partial charge in [0.05, 0.1) is 0 Å². The highest BCUT2D eigenvalue weighted by molar-refractivity contribution is 5.89. The van der Waals surface area contributed by atoms with Crippen molar-refractivity contribution in [3.8, 4) is 0 Å². The van der Waals surface area contributed by atoms with Gasteiger partial charge in [-0.1, -0.05) is 17.7 Å². The van der Waals surface area contributed by atoms with Gasteiger partial charge in [0.2, 0.25) is 5.91 Å². The lowest BCUT2D eigenvalue weighted by Crippen LogP contribution is -2.52. The predicted molar refractivity (Wildman–Crippen MR) is 109 cm³/mol. The average Bonchev–Trinajstić information content (AvgIpc) is 2.68. The Morgan fingerprint density at radius 1 is 1.11 bits per heavy atom. The minimum absolute atomic E-state index is 0.0399. The molecule has 0 saturated carbocycles. The number of piperazine rings is 1. The first kappa shape index (κ1) is 19.3. The molecule has 0 atom stereocenters. The third kappa shape index (κ3) is 5.74. The van der Waals surface area contributed by atoms with E-state index in [0.717, 1.165) is 37.4 Å². The molecule has 1 aromatic rings. The Balaban J connectivity index is 1.43. The van der Waals surface area contributed by atoms with E-state index in [1.54, 1.807) is 0 Å². The highest BCUT2D eigenvalue weighted by atomic mass is 16.2. The van der Waals surface area contributed by atoms with Gasteiger partial charge in [-0.25, -0.2) is 4.79 Å². The van der Waals surface area contributed by atoms with Gasteiger partial charge in [-0.05, 0) is 50.3 Å². The fourth-order valence-corrected chi connectivity index (χ4v) is 3.72. The van der Waals surface area contributed by atoms with Gasteiger partial charge in [-0.15, -0.1) is 0 Å². The molecular formula is C21H30N4O2. The standard InChI is InChI=1S/C21H30N4O2/c1-17(26)23-19-8-5-9-20(16-19)24-12-14-25(15-13-24)21(27)22-11-10-18-6-3-2-4-7-18/h5-6,8-9,16H,2-4,7,10-15H2,1H3,(H,22,27)(H,23,26). The molecule has 0 aromatic heterocycles. The van der Waals surface area contributed by atoms with Crippen LogP contribution in [-0.2, 0) is 4.79 Å². The zero-order chi connectivity index (χ0) is 19.1. The van der Waals surface area contributed by atoms with Gasteiger partial charge in [0, 0.05) is 51.0 Å². The third-order valence-corrected chi connectivity index (χ3v) is 5.21. The lowest BCUT2D eigenvalue weighted by atomic mass is 9.97. The summed E-state index contributed by atoms with van der Waals surface area (Å²) in [5.41, 5.74) is 3.37. The zero-order valence-electron chi connectivity index (χ0n) is 16.2. The van der Waals surface area contributed by atoms with Crippen molar-refractivity contribution in [2.75, 3.05) is 42.9 Å². The van der Waals surface area contributed by atoms with Gasteiger partial charge in [0.25, 0.3) is 0 Å². The largest absolute Gasteiger partial charge is 0.368 e. The number of hydrogen-bond donors (Lipinski definition) is 2. The minimum Gasteiger partial charge on any atom is -0.368 e. The topological polar surface area (TPSA) is 64.7 Å². The van der Waals surface area contributed by atoms with Crippen molar-refractivity contribution in [2.24, 2.45) is 0 Å². The summed E-state index contributed by atoms with van der Waals surface area (Å²) in [5.74, 6) is -0.0716. The van der Waals surface area contributed by atoms with Crippen LogP contribution in [-0.4, -0.2) is 49.6 Å². The number of amides is 3. The van der Waals surface area contributed by atoms with Crippen molar-refractivity contribution >= 4 is 23.3 Å². The van der Waals surface area contributed by atoms with E-state index in [-0.39, 0.29) is 11.9 Å². The molecule has 2 N–H and O–H groups in total. The van der Waals surface area contributed by atoms with Crippen LogP contribution in [0.15, 0.2) is 35.9 Å². The van der Waals surface area contributed by atoms with E-state index in [9.17, 15) is 9.59 Å². The van der Waals surface area contributed by atoms with Crippen LogP contribution in [0.25, 0.3) is 0 Å². The molecule has 1 heterocycles. The number of benzene rings is 1. The van der Waals surface area contributed by atoms with Crippen LogP contribution in [0.4, 0.5) is 16.2 Å². The van der Waals surface area contributed by atoms with E-state index in [2.05, 4.69) is 21.6 Å². The number of allylic oxidation sites excluding steroid dienone is 1. The molecule has 1 fully saturated rings. The van der Waals surface area contributed by atoms with Crippen LogP contribution < -0.4 is 15.5 Å². The maximum Gasteiger partial charge on any atom is 0.317 e.